The van der Waals surface area contributed by atoms with Crippen LogP contribution in [0.15, 0.2) is 58.5 Å². The number of furan rings is 1. The Labute approximate surface area is 131 Å². The van der Waals surface area contributed by atoms with Gasteiger partial charge >= 0.3 is 0 Å². The summed E-state index contributed by atoms with van der Waals surface area (Å²) in [5.41, 5.74) is 1.31. The van der Waals surface area contributed by atoms with Crippen LogP contribution in [0.25, 0.3) is 16.8 Å². The van der Waals surface area contributed by atoms with Crippen LogP contribution in [0, 0.1) is 0 Å². The highest BCUT2D eigenvalue weighted by Crippen LogP contribution is 2.24. The Hall–Kier alpha value is -2.66. The third kappa shape index (κ3) is 3.15. The van der Waals surface area contributed by atoms with Crippen molar-refractivity contribution in [3.05, 3.63) is 65.4 Å². The predicted octanol–water partition coefficient (Wildman–Crippen LogP) is 4.31. The minimum absolute atomic E-state index is 0.0913. The van der Waals surface area contributed by atoms with Gasteiger partial charge < -0.3 is 9.15 Å². The summed E-state index contributed by atoms with van der Waals surface area (Å²) in [4.78, 5) is 16.5. The maximum atomic E-state index is 12.1. The molecule has 0 N–H and O–H groups in total. The standard InChI is InChI=1S/C17H13NO3S/c1-20-14-5-2-4-12(10-14)15(19)8-7-13-11-22-17(18-13)16-6-3-9-21-16/h2-11H,1H3. The van der Waals surface area contributed by atoms with Crippen LogP contribution in [0.1, 0.15) is 16.1 Å². The second kappa shape index (κ2) is 6.41. The van der Waals surface area contributed by atoms with Crippen LogP contribution in [0.3, 0.4) is 0 Å². The fourth-order valence-corrected chi connectivity index (χ4v) is 2.66. The van der Waals surface area contributed by atoms with Crippen molar-refractivity contribution in [2.45, 2.75) is 0 Å². The number of benzene rings is 1. The van der Waals surface area contributed by atoms with Crippen molar-refractivity contribution in [3.8, 4) is 16.5 Å². The van der Waals surface area contributed by atoms with E-state index in [2.05, 4.69) is 4.98 Å². The monoisotopic (exact) mass is 311 g/mol. The molecule has 110 valence electrons. The third-order valence-electron chi connectivity index (χ3n) is 3.01. The molecule has 0 fully saturated rings. The average Bonchev–Trinajstić information content (AvgIpc) is 3.23. The molecule has 0 bridgehead atoms. The number of rotatable bonds is 5. The van der Waals surface area contributed by atoms with E-state index in [4.69, 9.17) is 9.15 Å². The van der Waals surface area contributed by atoms with Gasteiger partial charge in [0.15, 0.2) is 16.6 Å². The molecule has 0 aliphatic rings. The summed E-state index contributed by atoms with van der Waals surface area (Å²) in [6, 6.07) is 10.7. The normalized spacial score (nSPS) is 11.0. The number of carbonyl (C=O) groups is 1. The van der Waals surface area contributed by atoms with Gasteiger partial charge in [0.25, 0.3) is 0 Å². The zero-order valence-corrected chi connectivity index (χ0v) is 12.7. The first-order valence-corrected chi connectivity index (χ1v) is 7.50. The third-order valence-corrected chi connectivity index (χ3v) is 3.89. The van der Waals surface area contributed by atoms with Crippen molar-refractivity contribution in [3.63, 3.8) is 0 Å². The molecule has 4 nitrogen and oxygen atoms in total. The molecule has 22 heavy (non-hydrogen) atoms. The zero-order valence-electron chi connectivity index (χ0n) is 11.9. The molecule has 2 aromatic heterocycles. The average molecular weight is 311 g/mol. The predicted molar refractivity (Wildman–Crippen MR) is 86.2 cm³/mol. The highest BCUT2D eigenvalue weighted by Gasteiger charge is 2.06. The lowest BCUT2D eigenvalue weighted by atomic mass is 10.1. The fourth-order valence-electron chi connectivity index (χ4n) is 1.91. The first-order valence-electron chi connectivity index (χ1n) is 6.62. The summed E-state index contributed by atoms with van der Waals surface area (Å²) < 4.78 is 10.4. The van der Waals surface area contributed by atoms with Gasteiger partial charge in [-0.1, -0.05) is 12.1 Å². The summed E-state index contributed by atoms with van der Waals surface area (Å²) in [5.74, 6) is 1.29. The lowest BCUT2D eigenvalue weighted by Gasteiger charge is -2.00. The Kier molecular flexibility index (Phi) is 4.16. The molecule has 5 heteroatoms. The number of hydrogen-bond acceptors (Lipinski definition) is 5. The number of nitrogens with zero attached hydrogens (tertiary/aromatic N) is 1. The highest BCUT2D eigenvalue weighted by molar-refractivity contribution is 7.13. The van der Waals surface area contributed by atoms with E-state index in [0.29, 0.717) is 11.3 Å². The van der Waals surface area contributed by atoms with Gasteiger partial charge in [-0.25, -0.2) is 4.98 Å². The molecule has 0 spiro atoms. The maximum absolute atomic E-state index is 12.1. The number of carbonyl (C=O) groups excluding carboxylic acids is 1. The van der Waals surface area contributed by atoms with Crippen LogP contribution in [-0.2, 0) is 0 Å². The molecule has 3 rings (SSSR count). The van der Waals surface area contributed by atoms with Crippen molar-refractivity contribution in [2.24, 2.45) is 0 Å². The first-order chi connectivity index (χ1) is 10.8. The maximum Gasteiger partial charge on any atom is 0.186 e. The van der Waals surface area contributed by atoms with Crippen LogP contribution in [-0.4, -0.2) is 17.9 Å². The van der Waals surface area contributed by atoms with Gasteiger partial charge in [-0.3, -0.25) is 4.79 Å². The van der Waals surface area contributed by atoms with Crippen LogP contribution in [0.4, 0.5) is 0 Å². The molecule has 0 aliphatic carbocycles. The van der Waals surface area contributed by atoms with Crippen molar-refractivity contribution in [2.75, 3.05) is 7.11 Å². The fraction of sp³-hybridized carbons (Fsp3) is 0.0588. The number of allylic oxidation sites excluding steroid dienone is 1. The van der Waals surface area contributed by atoms with E-state index in [1.165, 1.54) is 17.4 Å². The minimum Gasteiger partial charge on any atom is -0.497 e. The van der Waals surface area contributed by atoms with Crippen LogP contribution in [0.5, 0.6) is 5.75 Å². The van der Waals surface area contributed by atoms with Crippen molar-refractivity contribution < 1.29 is 13.9 Å². The van der Waals surface area contributed by atoms with Gasteiger partial charge in [-0.15, -0.1) is 11.3 Å². The van der Waals surface area contributed by atoms with E-state index in [1.807, 2.05) is 17.5 Å². The second-order valence-corrected chi connectivity index (χ2v) is 5.34. The van der Waals surface area contributed by atoms with E-state index in [9.17, 15) is 4.79 Å². The quantitative estimate of drug-likeness (QED) is 0.520. The number of ether oxygens (including phenoxy) is 1. The zero-order chi connectivity index (χ0) is 15.4. The summed E-state index contributed by atoms with van der Waals surface area (Å²) in [6.45, 7) is 0. The molecule has 2 heterocycles. The molecule has 0 unspecified atom stereocenters. The molecule has 0 saturated carbocycles. The topological polar surface area (TPSA) is 52.3 Å². The molecule has 0 amide bonds. The van der Waals surface area contributed by atoms with Crippen molar-refractivity contribution >= 4 is 23.2 Å². The van der Waals surface area contributed by atoms with Gasteiger partial charge in [0.1, 0.15) is 5.75 Å². The number of hydrogen-bond donors (Lipinski definition) is 0. The Morgan fingerprint density at radius 3 is 3.00 bits per heavy atom. The van der Waals surface area contributed by atoms with Crippen molar-refractivity contribution in [1.82, 2.24) is 4.98 Å². The lowest BCUT2D eigenvalue weighted by molar-refractivity contribution is 0.104. The number of thiazole rings is 1. The number of aromatic nitrogens is 1. The molecule has 0 aliphatic heterocycles. The SMILES string of the molecule is COc1cccc(C(=O)C=Cc2csc(-c3ccco3)n2)c1. The highest BCUT2D eigenvalue weighted by atomic mass is 32.1. The Balaban J connectivity index is 1.75. The molecule has 0 atom stereocenters. The van der Waals surface area contributed by atoms with Gasteiger partial charge in [-0.2, -0.15) is 0 Å². The Morgan fingerprint density at radius 2 is 2.23 bits per heavy atom. The smallest absolute Gasteiger partial charge is 0.186 e. The first kappa shape index (κ1) is 14.3. The molecule has 0 saturated heterocycles. The minimum atomic E-state index is -0.0913. The van der Waals surface area contributed by atoms with E-state index < -0.39 is 0 Å². The Morgan fingerprint density at radius 1 is 1.32 bits per heavy atom. The largest absolute Gasteiger partial charge is 0.497 e. The van der Waals surface area contributed by atoms with Gasteiger partial charge in [0, 0.05) is 10.9 Å². The Bertz CT molecular complexity index is 803. The van der Waals surface area contributed by atoms with E-state index in [0.717, 1.165) is 16.5 Å². The summed E-state index contributed by atoms with van der Waals surface area (Å²) in [5, 5.41) is 2.67. The molecular formula is C17H13NO3S. The lowest BCUT2D eigenvalue weighted by Crippen LogP contribution is -1.94. The van der Waals surface area contributed by atoms with Crippen molar-refractivity contribution in [1.29, 1.82) is 0 Å². The molecule has 3 aromatic rings. The van der Waals surface area contributed by atoms with E-state index in [-0.39, 0.29) is 5.78 Å². The van der Waals surface area contributed by atoms with E-state index in [1.54, 1.807) is 43.7 Å². The molecular weight excluding hydrogens is 298 g/mol. The van der Waals surface area contributed by atoms with Crippen LogP contribution >= 0.6 is 11.3 Å². The summed E-state index contributed by atoms with van der Waals surface area (Å²) >= 11 is 1.47. The number of methoxy groups -OCH3 is 1. The van der Waals surface area contributed by atoms with Gasteiger partial charge in [0.05, 0.1) is 19.1 Å². The van der Waals surface area contributed by atoms with Crippen LogP contribution < -0.4 is 4.74 Å². The molecule has 1 aromatic carbocycles. The second-order valence-electron chi connectivity index (χ2n) is 4.48. The van der Waals surface area contributed by atoms with E-state index >= 15 is 0 Å². The summed E-state index contributed by atoms with van der Waals surface area (Å²) in [7, 11) is 1.57. The van der Waals surface area contributed by atoms with Crippen LogP contribution in [0.2, 0.25) is 0 Å². The van der Waals surface area contributed by atoms with Gasteiger partial charge in [0.2, 0.25) is 0 Å². The number of ketones is 1. The molecule has 0 radical (unpaired) electrons. The van der Waals surface area contributed by atoms with Gasteiger partial charge in [-0.05, 0) is 36.4 Å². The summed E-state index contributed by atoms with van der Waals surface area (Å²) in [6.07, 6.45) is 4.82.